The van der Waals surface area contributed by atoms with E-state index in [1.54, 1.807) is 6.08 Å². The molecule has 0 saturated heterocycles. The van der Waals surface area contributed by atoms with Gasteiger partial charge in [-0.2, -0.15) is 0 Å². The molecule has 2 heteroatoms. The Bertz CT molecular complexity index is 214. The number of hydrogen-bond acceptors (Lipinski definition) is 2. The topological polar surface area (TPSA) is 34.1 Å². The van der Waals surface area contributed by atoms with Gasteiger partial charge in [0.1, 0.15) is 11.6 Å². The van der Waals surface area contributed by atoms with Crippen molar-refractivity contribution in [3.05, 3.63) is 24.8 Å². The van der Waals surface area contributed by atoms with Crippen LogP contribution < -0.4 is 0 Å². The molecule has 0 N–H and O–H groups in total. The lowest BCUT2D eigenvalue weighted by atomic mass is 10.1. The molecule has 72 valence electrons. The normalized spacial score (nSPS) is 10.2. The van der Waals surface area contributed by atoms with Crippen molar-refractivity contribution in [3.63, 3.8) is 0 Å². The number of rotatable bonds is 7. The molecule has 0 amide bonds. The predicted molar refractivity (Wildman–Crippen MR) is 53.5 cm³/mol. The maximum atomic E-state index is 11.1. The number of allylic oxidation sites excluding steroid dienone is 3. The van der Waals surface area contributed by atoms with Gasteiger partial charge >= 0.3 is 0 Å². The van der Waals surface area contributed by atoms with Crippen molar-refractivity contribution in [2.24, 2.45) is 0 Å². The fourth-order valence-electron chi connectivity index (χ4n) is 0.877. The van der Waals surface area contributed by atoms with Crippen LogP contribution in [0.5, 0.6) is 0 Å². The summed E-state index contributed by atoms with van der Waals surface area (Å²) in [6.45, 7) is 5.03. The summed E-state index contributed by atoms with van der Waals surface area (Å²) in [4.78, 5) is 21.6. The highest BCUT2D eigenvalue weighted by atomic mass is 16.1. The van der Waals surface area contributed by atoms with Gasteiger partial charge in [0.05, 0.1) is 0 Å². The molecule has 0 atom stereocenters. The second kappa shape index (κ2) is 7.47. The minimum absolute atomic E-state index is 0.0787. The van der Waals surface area contributed by atoms with Crippen molar-refractivity contribution in [2.45, 2.75) is 32.6 Å². The van der Waals surface area contributed by atoms with Crippen molar-refractivity contribution >= 4 is 11.6 Å². The summed E-state index contributed by atoms with van der Waals surface area (Å²) < 4.78 is 0. The zero-order chi connectivity index (χ0) is 10.1. The lowest BCUT2D eigenvalue weighted by Gasteiger charge is -1.95. The Balaban J connectivity index is 3.46. The first-order valence-electron chi connectivity index (χ1n) is 4.45. The molecule has 0 spiro atoms. The minimum atomic E-state index is 0.0787. The van der Waals surface area contributed by atoms with E-state index in [1.807, 2.05) is 12.2 Å². The summed E-state index contributed by atoms with van der Waals surface area (Å²) in [6.07, 6.45) is 7.43. The molecule has 2 nitrogen and oxygen atoms in total. The molecule has 0 rings (SSSR count). The zero-order valence-corrected chi connectivity index (χ0v) is 8.08. The Morgan fingerprint density at radius 3 is 2.46 bits per heavy atom. The van der Waals surface area contributed by atoms with Crippen molar-refractivity contribution in [2.75, 3.05) is 0 Å². The maximum absolute atomic E-state index is 11.1. The number of Topliss-reactive ketones (excluding diaryl/α,β-unsaturated/α-hetero) is 2. The highest BCUT2D eigenvalue weighted by molar-refractivity contribution is 5.84. The largest absolute Gasteiger partial charge is 0.300 e. The van der Waals surface area contributed by atoms with Gasteiger partial charge < -0.3 is 4.79 Å². The summed E-state index contributed by atoms with van der Waals surface area (Å²) in [5.74, 6) is 0.235. The Kier molecular flexibility index (Phi) is 6.79. The SMILES string of the molecule is C=C/C=C/CCC(=O)CCC(C)=O. The highest BCUT2D eigenvalue weighted by Crippen LogP contribution is 2.00. The van der Waals surface area contributed by atoms with Crippen LogP contribution in [0.3, 0.4) is 0 Å². The number of carbonyl (C=O) groups is 2. The van der Waals surface area contributed by atoms with E-state index in [0.29, 0.717) is 19.3 Å². The van der Waals surface area contributed by atoms with Gasteiger partial charge in [-0.1, -0.05) is 24.8 Å². The summed E-state index contributed by atoms with van der Waals surface area (Å²) in [6, 6.07) is 0. The summed E-state index contributed by atoms with van der Waals surface area (Å²) in [5.41, 5.74) is 0. The number of hydrogen-bond donors (Lipinski definition) is 0. The van der Waals surface area contributed by atoms with Crippen LogP contribution in [0.4, 0.5) is 0 Å². The van der Waals surface area contributed by atoms with E-state index in [4.69, 9.17) is 0 Å². The van der Waals surface area contributed by atoms with Crippen LogP contribution in [0.25, 0.3) is 0 Å². The second-order valence-electron chi connectivity index (χ2n) is 2.94. The molecule has 0 unspecified atom stereocenters. The fraction of sp³-hybridized carbons (Fsp3) is 0.455. The first-order valence-corrected chi connectivity index (χ1v) is 4.45. The summed E-state index contributed by atoms with van der Waals surface area (Å²) in [7, 11) is 0. The molecule has 0 saturated carbocycles. The van der Waals surface area contributed by atoms with Crippen LogP contribution >= 0.6 is 0 Å². The zero-order valence-electron chi connectivity index (χ0n) is 8.08. The molecule has 0 aliphatic rings. The third kappa shape index (κ3) is 8.73. The first-order chi connectivity index (χ1) is 6.16. The van der Waals surface area contributed by atoms with E-state index < -0.39 is 0 Å². The smallest absolute Gasteiger partial charge is 0.133 e. The summed E-state index contributed by atoms with van der Waals surface area (Å²) >= 11 is 0. The van der Waals surface area contributed by atoms with Crippen LogP contribution in [0.15, 0.2) is 24.8 Å². The molecule has 0 aliphatic carbocycles. The van der Waals surface area contributed by atoms with E-state index >= 15 is 0 Å². The van der Waals surface area contributed by atoms with Gasteiger partial charge in [-0.3, -0.25) is 4.79 Å². The van der Waals surface area contributed by atoms with Gasteiger partial charge in [0, 0.05) is 19.3 Å². The molecule has 0 aromatic rings. The lowest BCUT2D eigenvalue weighted by Crippen LogP contribution is -2.00. The highest BCUT2D eigenvalue weighted by Gasteiger charge is 2.01. The average Bonchev–Trinajstić information content (AvgIpc) is 2.09. The Labute approximate surface area is 79.3 Å². The molecular formula is C11H16O2. The Morgan fingerprint density at radius 2 is 1.92 bits per heavy atom. The molecule has 13 heavy (non-hydrogen) atoms. The predicted octanol–water partition coefficient (Wildman–Crippen LogP) is 2.45. The molecule has 0 bridgehead atoms. The quantitative estimate of drug-likeness (QED) is 0.564. The van der Waals surface area contributed by atoms with Crippen LogP contribution in [0.1, 0.15) is 32.6 Å². The monoisotopic (exact) mass is 180 g/mol. The third-order valence-electron chi connectivity index (χ3n) is 1.62. The standard InChI is InChI=1S/C11H16O2/c1-3-4-5-6-7-11(13)9-8-10(2)12/h3-5H,1,6-9H2,2H3/b5-4+. The van der Waals surface area contributed by atoms with Crippen LogP contribution in [0, 0.1) is 0 Å². The number of carbonyl (C=O) groups excluding carboxylic acids is 2. The maximum Gasteiger partial charge on any atom is 0.133 e. The van der Waals surface area contributed by atoms with Crippen molar-refractivity contribution < 1.29 is 9.59 Å². The number of ketones is 2. The fourth-order valence-corrected chi connectivity index (χ4v) is 0.877. The lowest BCUT2D eigenvalue weighted by molar-refractivity contribution is -0.123. The van der Waals surface area contributed by atoms with E-state index in [-0.39, 0.29) is 11.6 Å². The molecule has 0 aromatic carbocycles. The van der Waals surface area contributed by atoms with Gasteiger partial charge in [-0.25, -0.2) is 0 Å². The first kappa shape index (κ1) is 11.8. The van der Waals surface area contributed by atoms with Gasteiger partial charge in [0.2, 0.25) is 0 Å². The van der Waals surface area contributed by atoms with Gasteiger partial charge in [0.25, 0.3) is 0 Å². The van der Waals surface area contributed by atoms with Gasteiger partial charge in [0.15, 0.2) is 0 Å². The van der Waals surface area contributed by atoms with Crippen LogP contribution in [0.2, 0.25) is 0 Å². The molecular weight excluding hydrogens is 164 g/mol. The van der Waals surface area contributed by atoms with Gasteiger partial charge in [-0.05, 0) is 13.3 Å². The Hall–Kier alpha value is -1.18. The molecule has 0 aromatic heterocycles. The molecule has 0 radical (unpaired) electrons. The van der Waals surface area contributed by atoms with E-state index in [0.717, 1.165) is 6.42 Å². The van der Waals surface area contributed by atoms with Gasteiger partial charge in [-0.15, -0.1) is 0 Å². The minimum Gasteiger partial charge on any atom is -0.300 e. The van der Waals surface area contributed by atoms with Crippen LogP contribution in [-0.4, -0.2) is 11.6 Å². The molecule has 0 aliphatic heterocycles. The Morgan fingerprint density at radius 1 is 1.23 bits per heavy atom. The van der Waals surface area contributed by atoms with E-state index in [1.165, 1.54) is 6.92 Å². The van der Waals surface area contributed by atoms with Crippen molar-refractivity contribution in [1.82, 2.24) is 0 Å². The molecule has 0 fully saturated rings. The summed E-state index contributed by atoms with van der Waals surface area (Å²) in [5, 5.41) is 0. The van der Waals surface area contributed by atoms with E-state index in [2.05, 4.69) is 6.58 Å². The van der Waals surface area contributed by atoms with Crippen LogP contribution in [-0.2, 0) is 9.59 Å². The third-order valence-corrected chi connectivity index (χ3v) is 1.62. The van der Waals surface area contributed by atoms with E-state index in [9.17, 15) is 9.59 Å². The molecule has 0 heterocycles. The van der Waals surface area contributed by atoms with Crippen molar-refractivity contribution in [1.29, 1.82) is 0 Å². The second-order valence-corrected chi connectivity index (χ2v) is 2.94. The average molecular weight is 180 g/mol. The van der Waals surface area contributed by atoms with Crippen molar-refractivity contribution in [3.8, 4) is 0 Å².